The molecule has 0 fully saturated rings. The maximum atomic E-state index is 5.91. The first kappa shape index (κ1) is 20.6. The first-order valence-electron chi connectivity index (χ1n) is 9.63. The number of oxazole rings is 1. The lowest BCUT2D eigenvalue weighted by molar-refractivity contribution is 0.0288. The number of hydrogen-bond donors (Lipinski definition) is 0. The Morgan fingerprint density at radius 2 is 1.93 bits per heavy atom. The molecule has 1 unspecified atom stereocenters. The molecule has 0 saturated carbocycles. The van der Waals surface area contributed by atoms with Crippen LogP contribution in [0.3, 0.4) is 0 Å². The number of rotatable bonds is 11. The summed E-state index contributed by atoms with van der Waals surface area (Å²) in [7, 11) is 0. The van der Waals surface area contributed by atoms with Crippen LogP contribution in [0.1, 0.15) is 43.4 Å². The van der Waals surface area contributed by atoms with E-state index in [1.54, 1.807) is 11.3 Å². The van der Waals surface area contributed by atoms with Crippen molar-refractivity contribution in [2.45, 2.75) is 39.9 Å². The molecule has 0 N–H and O–H groups in total. The molecule has 0 saturated heterocycles. The Morgan fingerprint density at radius 1 is 1.11 bits per heavy atom. The van der Waals surface area contributed by atoms with E-state index in [1.165, 1.54) is 0 Å². The monoisotopic (exact) mass is 401 g/mol. The summed E-state index contributed by atoms with van der Waals surface area (Å²) < 4.78 is 23.0. The lowest BCUT2D eigenvalue weighted by Gasteiger charge is -2.18. The molecular formula is C22H27NO4S. The molecule has 0 aliphatic heterocycles. The molecule has 0 aliphatic rings. The molecule has 3 rings (SSSR count). The normalized spacial score (nSPS) is 12.2. The third kappa shape index (κ3) is 5.44. The second kappa shape index (κ2) is 10.4. The average molecular weight is 402 g/mol. The average Bonchev–Trinajstić information content (AvgIpc) is 3.36. The topological polar surface area (TPSA) is 53.7 Å². The fourth-order valence-corrected chi connectivity index (χ4v) is 3.53. The van der Waals surface area contributed by atoms with Crippen LogP contribution < -0.4 is 4.74 Å². The number of hydrogen-bond acceptors (Lipinski definition) is 6. The summed E-state index contributed by atoms with van der Waals surface area (Å²) in [4.78, 5) is 5.59. The smallest absolute Gasteiger partial charge is 0.236 e. The first-order chi connectivity index (χ1) is 13.7. The van der Waals surface area contributed by atoms with Crippen molar-refractivity contribution in [3.8, 4) is 16.5 Å². The molecule has 0 aliphatic carbocycles. The van der Waals surface area contributed by atoms with Gasteiger partial charge in [0.05, 0.1) is 11.0 Å². The molecule has 0 radical (unpaired) electrons. The van der Waals surface area contributed by atoms with Gasteiger partial charge in [-0.3, -0.25) is 0 Å². The van der Waals surface area contributed by atoms with E-state index in [4.69, 9.17) is 18.6 Å². The number of ether oxygens (including phenoxy) is 3. The molecule has 2 heterocycles. The minimum atomic E-state index is 0.0386. The van der Waals surface area contributed by atoms with Gasteiger partial charge in [0.1, 0.15) is 23.8 Å². The highest BCUT2D eigenvalue weighted by Crippen LogP contribution is 2.27. The SMILES string of the molecule is CCOCCC(OCC)c1ccc(OCc2nc(-c3cccs3)oc2C)cc1. The van der Waals surface area contributed by atoms with E-state index in [2.05, 4.69) is 4.98 Å². The maximum absolute atomic E-state index is 5.91. The molecule has 3 aromatic rings. The van der Waals surface area contributed by atoms with Gasteiger partial charge in [-0.2, -0.15) is 0 Å². The Morgan fingerprint density at radius 3 is 2.61 bits per heavy atom. The maximum Gasteiger partial charge on any atom is 0.236 e. The molecular weight excluding hydrogens is 374 g/mol. The van der Waals surface area contributed by atoms with Crippen LogP contribution >= 0.6 is 11.3 Å². The van der Waals surface area contributed by atoms with E-state index in [0.717, 1.165) is 40.7 Å². The Hall–Kier alpha value is -2.15. The number of thiophene rings is 1. The highest BCUT2D eigenvalue weighted by atomic mass is 32.1. The molecule has 5 nitrogen and oxygen atoms in total. The first-order valence-corrected chi connectivity index (χ1v) is 10.5. The van der Waals surface area contributed by atoms with E-state index in [1.807, 2.05) is 62.5 Å². The zero-order chi connectivity index (χ0) is 19.8. The second-order valence-corrected chi connectivity index (χ2v) is 7.23. The van der Waals surface area contributed by atoms with Crippen LogP contribution in [0.5, 0.6) is 5.75 Å². The summed E-state index contributed by atoms with van der Waals surface area (Å²) >= 11 is 1.61. The number of benzene rings is 1. The van der Waals surface area contributed by atoms with E-state index in [0.29, 0.717) is 25.7 Å². The minimum Gasteiger partial charge on any atom is -0.487 e. The van der Waals surface area contributed by atoms with Crippen molar-refractivity contribution in [3.05, 3.63) is 58.8 Å². The molecule has 1 aromatic carbocycles. The summed E-state index contributed by atoms with van der Waals surface area (Å²) in [6, 6.07) is 12.0. The third-order valence-electron chi connectivity index (χ3n) is 4.35. The van der Waals surface area contributed by atoms with Crippen molar-refractivity contribution in [1.29, 1.82) is 0 Å². The van der Waals surface area contributed by atoms with Crippen LogP contribution in [-0.2, 0) is 16.1 Å². The van der Waals surface area contributed by atoms with Crippen molar-refractivity contribution in [1.82, 2.24) is 4.98 Å². The molecule has 6 heteroatoms. The quantitative estimate of drug-likeness (QED) is 0.380. The highest BCUT2D eigenvalue weighted by molar-refractivity contribution is 7.13. The molecule has 0 spiro atoms. The van der Waals surface area contributed by atoms with Gasteiger partial charge in [-0.1, -0.05) is 18.2 Å². The second-order valence-electron chi connectivity index (χ2n) is 6.29. The largest absolute Gasteiger partial charge is 0.487 e. The molecule has 2 aromatic heterocycles. The fraction of sp³-hybridized carbons (Fsp3) is 0.409. The van der Waals surface area contributed by atoms with Crippen LogP contribution in [0, 0.1) is 6.92 Å². The standard InChI is InChI=1S/C22H27NO4S/c1-4-24-13-12-20(25-5-2)17-8-10-18(11-9-17)26-15-19-16(3)27-22(23-19)21-7-6-14-28-21/h6-11,14,20H,4-5,12-13,15H2,1-3H3. The number of aryl methyl sites for hydroxylation is 1. The highest BCUT2D eigenvalue weighted by Gasteiger charge is 2.14. The molecule has 150 valence electrons. The van der Waals surface area contributed by atoms with Crippen LogP contribution in [-0.4, -0.2) is 24.8 Å². The van der Waals surface area contributed by atoms with Gasteiger partial charge < -0.3 is 18.6 Å². The van der Waals surface area contributed by atoms with Crippen molar-refractivity contribution in [3.63, 3.8) is 0 Å². The molecule has 0 bridgehead atoms. The van der Waals surface area contributed by atoms with Crippen LogP contribution in [0.15, 0.2) is 46.2 Å². The summed E-state index contributed by atoms with van der Waals surface area (Å²) in [5.74, 6) is 2.23. The van der Waals surface area contributed by atoms with Gasteiger partial charge in [-0.15, -0.1) is 11.3 Å². The lowest BCUT2D eigenvalue weighted by atomic mass is 10.1. The third-order valence-corrected chi connectivity index (χ3v) is 5.21. The van der Waals surface area contributed by atoms with Crippen molar-refractivity contribution >= 4 is 11.3 Å². The number of aromatic nitrogens is 1. The van der Waals surface area contributed by atoms with Crippen molar-refractivity contribution in [2.24, 2.45) is 0 Å². The molecule has 28 heavy (non-hydrogen) atoms. The summed E-state index contributed by atoms with van der Waals surface area (Å²) in [5, 5.41) is 2.01. The van der Waals surface area contributed by atoms with Gasteiger partial charge >= 0.3 is 0 Å². The van der Waals surface area contributed by atoms with E-state index < -0.39 is 0 Å². The molecule has 1 atom stereocenters. The van der Waals surface area contributed by atoms with Crippen molar-refractivity contribution < 1.29 is 18.6 Å². The van der Waals surface area contributed by atoms with Gasteiger partial charge in [0.15, 0.2) is 0 Å². The fourth-order valence-electron chi connectivity index (χ4n) is 2.88. The number of nitrogens with zero attached hydrogens (tertiary/aromatic N) is 1. The van der Waals surface area contributed by atoms with Crippen LogP contribution in [0.4, 0.5) is 0 Å². The molecule has 0 amide bonds. The predicted molar refractivity (Wildman–Crippen MR) is 111 cm³/mol. The Labute approximate surface area is 170 Å². The van der Waals surface area contributed by atoms with Gasteiger partial charge in [-0.25, -0.2) is 4.98 Å². The summed E-state index contributed by atoms with van der Waals surface area (Å²) in [6.07, 6.45) is 0.877. The van der Waals surface area contributed by atoms with Gasteiger partial charge in [0, 0.05) is 26.2 Å². The van der Waals surface area contributed by atoms with E-state index in [9.17, 15) is 0 Å². The zero-order valence-corrected chi connectivity index (χ0v) is 17.5. The van der Waals surface area contributed by atoms with E-state index in [-0.39, 0.29) is 6.10 Å². The van der Waals surface area contributed by atoms with Crippen LogP contribution in [0.25, 0.3) is 10.8 Å². The van der Waals surface area contributed by atoms with Gasteiger partial charge in [0.2, 0.25) is 5.89 Å². The van der Waals surface area contributed by atoms with E-state index >= 15 is 0 Å². The Balaban J connectivity index is 1.59. The predicted octanol–water partition coefficient (Wildman–Crippen LogP) is 5.79. The van der Waals surface area contributed by atoms with Gasteiger partial charge in [0.25, 0.3) is 0 Å². The summed E-state index contributed by atoms with van der Waals surface area (Å²) in [5.41, 5.74) is 1.95. The summed E-state index contributed by atoms with van der Waals surface area (Å²) in [6.45, 7) is 8.39. The Bertz CT molecular complexity index is 827. The van der Waals surface area contributed by atoms with Crippen LogP contribution in [0.2, 0.25) is 0 Å². The van der Waals surface area contributed by atoms with Crippen molar-refractivity contribution in [2.75, 3.05) is 19.8 Å². The van der Waals surface area contributed by atoms with Gasteiger partial charge in [-0.05, 0) is 49.9 Å². The minimum absolute atomic E-state index is 0.0386. The zero-order valence-electron chi connectivity index (χ0n) is 16.6. The Kier molecular flexibility index (Phi) is 7.65. The lowest BCUT2D eigenvalue weighted by Crippen LogP contribution is -2.08.